The van der Waals surface area contributed by atoms with Crippen molar-refractivity contribution in [1.29, 1.82) is 0 Å². The molecule has 3 fully saturated rings. The van der Waals surface area contributed by atoms with Crippen LogP contribution < -0.4 is 0 Å². The molecule has 0 radical (unpaired) electrons. The van der Waals surface area contributed by atoms with Crippen LogP contribution in [0.25, 0.3) is 0 Å². The molecule has 5 atom stereocenters. The maximum Gasteiger partial charge on any atom is 0.0706 e. The highest BCUT2D eigenvalue weighted by Gasteiger charge is 2.63. The smallest absolute Gasteiger partial charge is 0.0706 e. The first kappa shape index (κ1) is 6.44. The van der Waals surface area contributed by atoms with Crippen molar-refractivity contribution in [2.45, 2.75) is 37.4 Å². The third-order valence-electron chi connectivity index (χ3n) is 4.15. The lowest BCUT2D eigenvalue weighted by atomic mass is 9.85. The van der Waals surface area contributed by atoms with E-state index in [1.807, 2.05) is 0 Å². The third kappa shape index (κ3) is 0.574. The average Bonchev–Trinajstić information content (AvgIpc) is 2.42. The summed E-state index contributed by atoms with van der Waals surface area (Å²) >= 11 is 0. The monoisotopic (exact) mass is 154 g/mol. The summed E-state index contributed by atoms with van der Waals surface area (Å²) < 4.78 is 0. The molecular formula is C9H14O2. The van der Waals surface area contributed by atoms with Crippen LogP contribution in [0.1, 0.15) is 25.7 Å². The van der Waals surface area contributed by atoms with E-state index < -0.39 is 5.60 Å². The van der Waals surface area contributed by atoms with Gasteiger partial charge in [0, 0.05) is 5.92 Å². The fourth-order valence-electron chi connectivity index (χ4n) is 3.80. The molecule has 2 N–H and O–H groups in total. The number of fused-ring (bicyclic) bond motifs is 1. The van der Waals surface area contributed by atoms with Gasteiger partial charge in [-0.15, -0.1) is 0 Å². The standard InChI is InChI=1S/C9H14O2/c10-8-6-3-5-1-2-9(11,4-6)7(5)8/h5-8,10-11H,1-4H2/t5-,6-,7-,8?,9-/m1/s1. The molecule has 11 heavy (non-hydrogen) atoms. The molecule has 1 unspecified atom stereocenters. The normalized spacial score (nSPS) is 66.0. The van der Waals surface area contributed by atoms with E-state index in [1.165, 1.54) is 6.42 Å². The molecule has 0 saturated heterocycles. The van der Waals surface area contributed by atoms with Crippen molar-refractivity contribution < 1.29 is 10.2 Å². The van der Waals surface area contributed by atoms with Crippen LogP contribution in [0.2, 0.25) is 0 Å². The van der Waals surface area contributed by atoms with Gasteiger partial charge >= 0.3 is 0 Å². The Kier molecular flexibility index (Phi) is 0.961. The largest absolute Gasteiger partial charge is 0.392 e. The molecule has 2 bridgehead atoms. The van der Waals surface area contributed by atoms with Crippen LogP contribution >= 0.6 is 0 Å². The molecule has 0 aromatic heterocycles. The van der Waals surface area contributed by atoms with Gasteiger partial charge in [0.25, 0.3) is 0 Å². The fraction of sp³-hybridized carbons (Fsp3) is 1.00. The Bertz CT molecular complexity index is 202. The SMILES string of the molecule is OC1[C@@H]2C[C@H]3CC[C@@](O)(C2)[C@@H]13. The molecule has 3 rings (SSSR count). The van der Waals surface area contributed by atoms with Crippen LogP contribution in [0.5, 0.6) is 0 Å². The van der Waals surface area contributed by atoms with E-state index in [9.17, 15) is 10.2 Å². The van der Waals surface area contributed by atoms with Crippen molar-refractivity contribution >= 4 is 0 Å². The molecule has 62 valence electrons. The van der Waals surface area contributed by atoms with Gasteiger partial charge in [0.05, 0.1) is 11.7 Å². The quantitative estimate of drug-likeness (QED) is 0.534. The average molecular weight is 154 g/mol. The summed E-state index contributed by atoms with van der Waals surface area (Å²) in [5.41, 5.74) is -0.451. The van der Waals surface area contributed by atoms with Gasteiger partial charge in [-0.3, -0.25) is 0 Å². The number of hydrogen-bond donors (Lipinski definition) is 2. The molecule has 2 nitrogen and oxygen atoms in total. The molecule has 0 amide bonds. The lowest BCUT2D eigenvalue weighted by Crippen LogP contribution is -2.33. The van der Waals surface area contributed by atoms with Crippen molar-refractivity contribution in [1.82, 2.24) is 0 Å². The van der Waals surface area contributed by atoms with E-state index in [-0.39, 0.29) is 12.0 Å². The summed E-state index contributed by atoms with van der Waals surface area (Å²) in [6, 6.07) is 0. The Hall–Kier alpha value is -0.0800. The van der Waals surface area contributed by atoms with Gasteiger partial charge < -0.3 is 10.2 Å². The first-order chi connectivity index (χ1) is 5.21. The summed E-state index contributed by atoms with van der Waals surface area (Å²) in [6.07, 6.45) is 3.96. The molecule has 2 heteroatoms. The van der Waals surface area contributed by atoms with Crippen molar-refractivity contribution in [2.75, 3.05) is 0 Å². The third-order valence-corrected chi connectivity index (χ3v) is 4.15. The number of aliphatic hydroxyl groups excluding tert-OH is 1. The Morgan fingerprint density at radius 1 is 1.27 bits per heavy atom. The van der Waals surface area contributed by atoms with Crippen LogP contribution in [-0.4, -0.2) is 21.9 Å². The Labute approximate surface area is 66.2 Å². The second kappa shape index (κ2) is 1.64. The predicted molar refractivity (Wildman–Crippen MR) is 39.9 cm³/mol. The second-order valence-corrected chi connectivity index (χ2v) is 4.62. The Balaban J connectivity index is 2.06. The van der Waals surface area contributed by atoms with E-state index in [0.717, 1.165) is 19.3 Å². The highest BCUT2D eigenvalue weighted by molar-refractivity contribution is 5.14. The maximum atomic E-state index is 10.0. The summed E-state index contributed by atoms with van der Waals surface area (Å²) in [6.45, 7) is 0. The summed E-state index contributed by atoms with van der Waals surface area (Å²) in [4.78, 5) is 0. The molecule has 0 heterocycles. The Morgan fingerprint density at radius 2 is 2.09 bits per heavy atom. The zero-order chi connectivity index (χ0) is 7.64. The molecule has 0 aliphatic heterocycles. The van der Waals surface area contributed by atoms with Crippen molar-refractivity contribution in [3.8, 4) is 0 Å². The second-order valence-electron chi connectivity index (χ2n) is 4.62. The zero-order valence-corrected chi connectivity index (χ0v) is 6.53. The first-order valence-corrected chi connectivity index (χ1v) is 4.61. The van der Waals surface area contributed by atoms with Crippen LogP contribution in [-0.2, 0) is 0 Å². The minimum Gasteiger partial charge on any atom is -0.392 e. The van der Waals surface area contributed by atoms with Crippen molar-refractivity contribution in [3.05, 3.63) is 0 Å². The van der Waals surface area contributed by atoms with Gasteiger partial charge in [0.2, 0.25) is 0 Å². The van der Waals surface area contributed by atoms with Gasteiger partial charge in [-0.25, -0.2) is 0 Å². The summed E-state index contributed by atoms with van der Waals surface area (Å²) in [5.74, 6) is 1.32. The lowest BCUT2D eigenvalue weighted by molar-refractivity contribution is -0.0146. The molecule has 3 saturated carbocycles. The molecule has 0 aromatic rings. The maximum absolute atomic E-state index is 10.0. The molecule has 3 aliphatic carbocycles. The molecular weight excluding hydrogens is 140 g/mol. The minimum atomic E-state index is -0.451. The van der Waals surface area contributed by atoms with Gasteiger partial charge in [-0.2, -0.15) is 0 Å². The van der Waals surface area contributed by atoms with Crippen LogP contribution in [0, 0.1) is 17.8 Å². The number of rotatable bonds is 0. The van der Waals surface area contributed by atoms with Crippen molar-refractivity contribution in [3.63, 3.8) is 0 Å². The highest BCUT2D eigenvalue weighted by atomic mass is 16.3. The molecule has 0 spiro atoms. The summed E-state index contributed by atoms with van der Waals surface area (Å²) in [7, 11) is 0. The highest BCUT2D eigenvalue weighted by Crippen LogP contribution is 2.61. The Morgan fingerprint density at radius 3 is 2.64 bits per heavy atom. The summed E-state index contributed by atoms with van der Waals surface area (Å²) in [5, 5.41) is 19.8. The topological polar surface area (TPSA) is 40.5 Å². The minimum absolute atomic E-state index is 0.174. The molecule has 0 aromatic carbocycles. The number of aliphatic hydroxyl groups is 2. The zero-order valence-electron chi connectivity index (χ0n) is 6.53. The predicted octanol–water partition coefficient (Wildman–Crippen LogP) is 0.528. The van der Waals surface area contributed by atoms with Gasteiger partial charge in [0.15, 0.2) is 0 Å². The fourth-order valence-corrected chi connectivity index (χ4v) is 3.80. The van der Waals surface area contributed by atoms with E-state index >= 15 is 0 Å². The lowest BCUT2D eigenvalue weighted by Gasteiger charge is -2.27. The van der Waals surface area contributed by atoms with Crippen LogP contribution in [0.15, 0.2) is 0 Å². The van der Waals surface area contributed by atoms with Gasteiger partial charge in [-0.1, -0.05) is 0 Å². The van der Waals surface area contributed by atoms with Gasteiger partial charge in [0.1, 0.15) is 0 Å². The van der Waals surface area contributed by atoms with E-state index in [0.29, 0.717) is 11.8 Å². The number of hydrogen-bond acceptors (Lipinski definition) is 2. The van der Waals surface area contributed by atoms with Crippen LogP contribution in [0.4, 0.5) is 0 Å². The van der Waals surface area contributed by atoms with E-state index in [2.05, 4.69) is 0 Å². The van der Waals surface area contributed by atoms with Gasteiger partial charge in [-0.05, 0) is 37.5 Å². The van der Waals surface area contributed by atoms with Crippen LogP contribution in [0.3, 0.4) is 0 Å². The molecule has 3 aliphatic rings. The van der Waals surface area contributed by atoms with E-state index in [4.69, 9.17) is 0 Å². The first-order valence-electron chi connectivity index (χ1n) is 4.61. The van der Waals surface area contributed by atoms with E-state index in [1.54, 1.807) is 0 Å². The van der Waals surface area contributed by atoms with Crippen molar-refractivity contribution in [2.24, 2.45) is 17.8 Å².